The maximum atomic E-state index is 13.6. The highest BCUT2D eigenvalue weighted by Crippen LogP contribution is 2.24. The second kappa shape index (κ2) is 8.79. The number of ketones is 1. The minimum Gasteiger partial charge on any atom is -0.457 e. The first-order valence-electron chi connectivity index (χ1n) is 8.99. The van der Waals surface area contributed by atoms with E-state index >= 15 is 0 Å². The number of nitrogens with zero attached hydrogens (tertiary/aromatic N) is 1. The summed E-state index contributed by atoms with van der Waals surface area (Å²) in [5.74, 6) is -3.74. The summed E-state index contributed by atoms with van der Waals surface area (Å²) in [4.78, 5) is 24.4. The van der Waals surface area contributed by atoms with Crippen LogP contribution in [0.5, 0.6) is 0 Å². The maximum absolute atomic E-state index is 13.6. The van der Waals surface area contributed by atoms with Crippen molar-refractivity contribution < 1.29 is 31.5 Å². The number of Topliss-reactive ketones (excluding diaryl/α,β-unsaturated/α-hetero) is 1. The third kappa shape index (κ3) is 4.86. The fraction of sp³-hybridized carbons (Fsp3) is 0.300. The van der Waals surface area contributed by atoms with Crippen molar-refractivity contribution in [1.82, 2.24) is 4.31 Å². The van der Waals surface area contributed by atoms with Crippen LogP contribution >= 0.6 is 0 Å². The van der Waals surface area contributed by atoms with Crippen LogP contribution in [-0.4, -0.2) is 44.2 Å². The number of piperidine rings is 1. The van der Waals surface area contributed by atoms with Gasteiger partial charge in [0.1, 0.15) is 11.6 Å². The molecule has 154 valence electrons. The summed E-state index contributed by atoms with van der Waals surface area (Å²) >= 11 is 0. The smallest absolute Gasteiger partial charge is 0.309 e. The molecule has 2 aromatic rings. The number of carbonyl (C=O) groups excluding carboxylic acids is 2. The molecule has 1 aliphatic heterocycles. The molecular formula is C20H19F2NO5S. The highest BCUT2D eigenvalue weighted by molar-refractivity contribution is 7.89. The Morgan fingerprint density at radius 1 is 1.03 bits per heavy atom. The fourth-order valence-electron chi connectivity index (χ4n) is 3.12. The van der Waals surface area contributed by atoms with Gasteiger partial charge in [-0.15, -0.1) is 0 Å². The van der Waals surface area contributed by atoms with Crippen LogP contribution in [0, 0.1) is 17.6 Å². The Bertz CT molecular complexity index is 1000. The van der Waals surface area contributed by atoms with Crippen molar-refractivity contribution >= 4 is 21.8 Å². The van der Waals surface area contributed by atoms with E-state index in [1.165, 1.54) is 16.4 Å². The number of hydrogen-bond donors (Lipinski definition) is 0. The lowest BCUT2D eigenvalue weighted by Crippen LogP contribution is -2.40. The number of hydrogen-bond acceptors (Lipinski definition) is 5. The average Bonchev–Trinajstić information content (AvgIpc) is 2.74. The van der Waals surface area contributed by atoms with Gasteiger partial charge in [-0.3, -0.25) is 9.59 Å². The van der Waals surface area contributed by atoms with E-state index in [2.05, 4.69) is 0 Å². The van der Waals surface area contributed by atoms with Crippen molar-refractivity contribution in [2.24, 2.45) is 5.92 Å². The molecule has 0 radical (unpaired) electrons. The minimum atomic E-state index is -3.63. The average molecular weight is 423 g/mol. The summed E-state index contributed by atoms with van der Waals surface area (Å²) in [7, 11) is -3.63. The highest BCUT2D eigenvalue weighted by Gasteiger charge is 2.33. The number of carbonyl (C=O) groups is 2. The van der Waals surface area contributed by atoms with E-state index in [1.807, 2.05) is 0 Å². The Morgan fingerprint density at radius 3 is 2.34 bits per heavy atom. The van der Waals surface area contributed by atoms with E-state index < -0.39 is 51.5 Å². The highest BCUT2D eigenvalue weighted by atomic mass is 32.2. The van der Waals surface area contributed by atoms with Crippen LogP contribution < -0.4 is 0 Å². The van der Waals surface area contributed by atoms with Crippen LogP contribution in [0.4, 0.5) is 8.78 Å². The van der Waals surface area contributed by atoms with Gasteiger partial charge in [0.2, 0.25) is 15.8 Å². The predicted molar refractivity (Wildman–Crippen MR) is 99.6 cm³/mol. The lowest BCUT2D eigenvalue weighted by Gasteiger charge is -2.30. The van der Waals surface area contributed by atoms with Crippen LogP contribution in [0.25, 0.3) is 0 Å². The van der Waals surface area contributed by atoms with Crippen molar-refractivity contribution in [2.45, 2.75) is 17.7 Å². The molecule has 9 heteroatoms. The number of benzene rings is 2. The largest absolute Gasteiger partial charge is 0.457 e. The van der Waals surface area contributed by atoms with Gasteiger partial charge < -0.3 is 4.74 Å². The molecule has 0 aliphatic carbocycles. The second-order valence-electron chi connectivity index (χ2n) is 6.65. The van der Waals surface area contributed by atoms with Crippen LogP contribution in [-0.2, 0) is 19.6 Å². The van der Waals surface area contributed by atoms with Gasteiger partial charge >= 0.3 is 5.97 Å². The second-order valence-corrected chi connectivity index (χ2v) is 8.58. The molecule has 0 amide bonds. The number of rotatable bonds is 6. The zero-order chi connectivity index (χ0) is 21.0. The molecule has 0 saturated carbocycles. The number of halogens is 2. The van der Waals surface area contributed by atoms with E-state index in [1.54, 1.807) is 18.2 Å². The first-order chi connectivity index (χ1) is 13.8. The number of ether oxygens (including phenoxy) is 1. The Balaban J connectivity index is 1.54. The first kappa shape index (κ1) is 21.1. The Hall–Kier alpha value is -2.65. The summed E-state index contributed by atoms with van der Waals surface area (Å²) < 4.78 is 58.2. The van der Waals surface area contributed by atoms with E-state index in [-0.39, 0.29) is 30.8 Å². The molecule has 0 atom stereocenters. The van der Waals surface area contributed by atoms with Gasteiger partial charge in [-0.05, 0) is 43.2 Å². The monoisotopic (exact) mass is 423 g/mol. The van der Waals surface area contributed by atoms with Crippen LogP contribution in [0.15, 0.2) is 53.4 Å². The zero-order valence-electron chi connectivity index (χ0n) is 15.4. The third-order valence-electron chi connectivity index (χ3n) is 4.74. The molecule has 3 rings (SSSR count). The normalized spacial score (nSPS) is 15.8. The molecule has 1 saturated heterocycles. The van der Waals surface area contributed by atoms with Gasteiger partial charge in [-0.2, -0.15) is 4.31 Å². The van der Waals surface area contributed by atoms with Crippen molar-refractivity contribution in [2.75, 3.05) is 19.7 Å². The Labute approximate surface area is 167 Å². The van der Waals surface area contributed by atoms with Crippen molar-refractivity contribution in [1.29, 1.82) is 0 Å². The molecule has 1 fully saturated rings. The topological polar surface area (TPSA) is 80.8 Å². The van der Waals surface area contributed by atoms with Crippen molar-refractivity contribution in [3.63, 3.8) is 0 Å². The summed E-state index contributed by atoms with van der Waals surface area (Å²) in [6, 6.07) is 10.5. The molecule has 6 nitrogen and oxygen atoms in total. The first-order valence-corrected chi connectivity index (χ1v) is 10.4. The van der Waals surface area contributed by atoms with Gasteiger partial charge in [0, 0.05) is 13.1 Å². The summed E-state index contributed by atoms with van der Waals surface area (Å²) in [5, 5.41) is 0. The number of sulfonamides is 1. The molecule has 0 N–H and O–H groups in total. The summed E-state index contributed by atoms with van der Waals surface area (Å²) in [6.07, 6.45) is 0.487. The maximum Gasteiger partial charge on any atom is 0.309 e. The van der Waals surface area contributed by atoms with Crippen LogP contribution in [0.3, 0.4) is 0 Å². The van der Waals surface area contributed by atoms with Gasteiger partial charge in [-0.1, -0.05) is 18.2 Å². The van der Waals surface area contributed by atoms with Gasteiger partial charge in [0.05, 0.1) is 16.4 Å². The molecule has 1 heterocycles. The van der Waals surface area contributed by atoms with E-state index in [0.717, 1.165) is 18.2 Å². The zero-order valence-corrected chi connectivity index (χ0v) is 16.2. The van der Waals surface area contributed by atoms with Gasteiger partial charge in [0.25, 0.3) is 0 Å². The molecule has 2 aromatic carbocycles. The van der Waals surface area contributed by atoms with E-state index in [4.69, 9.17) is 4.74 Å². The Morgan fingerprint density at radius 2 is 1.69 bits per heavy atom. The SMILES string of the molecule is O=C(COC(=O)C1CCN(S(=O)(=O)c2ccccc2)CC1)c1cc(F)ccc1F. The molecule has 0 aromatic heterocycles. The molecule has 1 aliphatic rings. The number of esters is 1. The molecule has 0 spiro atoms. The minimum absolute atomic E-state index is 0.142. The van der Waals surface area contributed by atoms with Crippen molar-refractivity contribution in [3.05, 3.63) is 65.7 Å². The third-order valence-corrected chi connectivity index (χ3v) is 6.66. The molecule has 0 bridgehead atoms. The lowest BCUT2D eigenvalue weighted by molar-refractivity contribution is -0.148. The van der Waals surface area contributed by atoms with Crippen molar-refractivity contribution in [3.8, 4) is 0 Å². The summed E-state index contributed by atoms with van der Waals surface area (Å²) in [6.45, 7) is -0.422. The fourth-order valence-corrected chi connectivity index (χ4v) is 4.61. The quantitative estimate of drug-likeness (QED) is 0.527. The van der Waals surface area contributed by atoms with E-state index in [9.17, 15) is 26.8 Å². The van der Waals surface area contributed by atoms with Crippen LogP contribution in [0.2, 0.25) is 0 Å². The Kier molecular flexibility index (Phi) is 6.39. The predicted octanol–water partition coefficient (Wildman–Crippen LogP) is 2.79. The lowest BCUT2D eigenvalue weighted by atomic mass is 9.98. The van der Waals surface area contributed by atoms with Gasteiger partial charge in [0.15, 0.2) is 6.61 Å². The van der Waals surface area contributed by atoms with E-state index in [0.29, 0.717) is 0 Å². The van der Waals surface area contributed by atoms with Gasteiger partial charge in [-0.25, -0.2) is 17.2 Å². The molecule has 29 heavy (non-hydrogen) atoms. The molecular weight excluding hydrogens is 404 g/mol. The summed E-state index contributed by atoms with van der Waals surface area (Å²) in [5.41, 5.74) is -0.485. The van der Waals surface area contributed by atoms with Crippen LogP contribution in [0.1, 0.15) is 23.2 Å². The molecule has 0 unspecified atom stereocenters. The standard InChI is InChI=1S/C20H19F2NO5S/c21-15-6-7-18(22)17(12-15)19(24)13-28-20(25)14-8-10-23(11-9-14)29(26,27)16-4-2-1-3-5-16/h1-7,12,14H,8-11,13H2.